The van der Waals surface area contributed by atoms with E-state index in [4.69, 9.17) is 10.00 Å². The monoisotopic (exact) mass is 289 g/mol. The third-order valence-corrected chi connectivity index (χ3v) is 2.62. The molecule has 0 atom stereocenters. The molecule has 1 rings (SSSR count). The second-order valence-electron chi connectivity index (χ2n) is 4.31. The van der Waals surface area contributed by atoms with E-state index in [1.165, 1.54) is 0 Å². The lowest BCUT2D eigenvalue weighted by molar-refractivity contribution is -0.143. The summed E-state index contributed by atoms with van der Waals surface area (Å²) in [7, 11) is 0. The van der Waals surface area contributed by atoms with Gasteiger partial charge >= 0.3 is 5.97 Å². The van der Waals surface area contributed by atoms with Crippen LogP contribution in [0.25, 0.3) is 0 Å². The molecule has 0 radical (unpaired) electrons. The average molecular weight is 289 g/mol. The van der Waals surface area contributed by atoms with Crippen molar-refractivity contribution >= 4 is 17.6 Å². The molecule has 1 amide bonds. The lowest BCUT2D eigenvalue weighted by Crippen LogP contribution is -2.29. The Bertz CT molecular complexity index is 506. The maximum Gasteiger partial charge on any atom is 0.307 e. The van der Waals surface area contributed by atoms with Crippen LogP contribution in [0.3, 0.4) is 0 Å². The van der Waals surface area contributed by atoms with Crippen LogP contribution in [0.5, 0.6) is 0 Å². The van der Waals surface area contributed by atoms with Gasteiger partial charge in [0.05, 0.1) is 32.1 Å². The van der Waals surface area contributed by atoms with E-state index in [0.29, 0.717) is 25.3 Å². The van der Waals surface area contributed by atoms with Crippen molar-refractivity contribution in [2.75, 3.05) is 25.0 Å². The second-order valence-corrected chi connectivity index (χ2v) is 4.31. The van der Waals surface area contributed by atoms with Crippen molar-refractivity contribution in [2.24, 2.45) is 0 Å². The summed E-state index contributed by atoms with van der Waals surface area (Å²) in [5, 5.41) is 14.2. The van der Waals surface area contributed by atoms with Crippen LogP contribution < -0.4 is 10.6 Å². The van der Waals surface area contributed by atoms with Crippen LogP contribution in [-0.2, 0) is 20.7 Å². The Morgan fingerprint density at radius 3 is 2.62 bits per heavy atom. The number of nitriles is 1. The molecule has 0 aliphatic carbocycles. The molecule has 0 bridgehead atoms. The van der Waals surface area contributed by atoms with Gasteiger partial charge in [0.25, 0.3) is 0 Å². The van der Waals surface area contributed by atoms with Crippen molar-refractivity contribution in [2.45, 2.75) is 19.8 Å². The zero-order valence-corrected chi connectivity index (χ0v) is 12.0. The number of esters is 1. The third kappa shape index (κ3) is 7.09. The normalized spacial score (nSPS) is 9.71. The number of anilines is 1. The van der Waals surface area contributed by atoms with Crippen molar-refractivity contribution in [3.05, 3.63) is 29.8 Å². The molecule has 0 saturated heterocycles. The summed E-state index contributed by atoms with van der Waals surface area (Å²) in [5.41, 5.74) is 1.58. The van der Waals surface area contributed by atoms with Gasteiger partial charge in [-0.05, 0) is 24.6 Å². The lowest BCUT2D eigenvalue weighted by atomic mass is 10.1. The summed E-state index contributed by atoms with van der Waals surface area (Å²) >= 11 is 0. The van der Waals surface area contributed by atoms with Gasteiger partial charge in [-0.2, -0.15) is 5.26 Å². The molecule has 0 aliphatic rings. The van der Waals surface area contributed by atoms with Gasteiger partial charge < -0.3 is 15.4 Å². The predicted octanol–water partition coefficient (Wildman–Crippen LogP) is 1.23. The average Bonchev–Trinajstić information content (AvgIpc) is 2.46. The highest BCUT2D eigenvalue weighted by Gasteiger charge is 2.04. The molecule has 0 heterocycles. The fourth-order valence-electron chi connectivity index (χ4n) is 1.63. The van der Waals surface area contributed by atoms with E-state index < -0.39 is 0 Å². The van der Waals surface area contributed by atoms with E-state index in [0.717, 1.165) is 5.56 Å². The van der Waals surface area contributed by atoms with E-state index in [2.05, 4.69) is 16.7 Å². The van der Waals surface area contributed by atoms with Crippen molar-refractivity contribution < 1.29 is 14.3 Å². The predicted molar refractivity (Wildman–Crippen MR) is 78.5 cm³/mol. The fraction of sp³-hybridized carbons (Fsp3) is 0.400. The molecule has 1 aromatic rings. The molecule has 1 aromatic carbocycles. The molecular formula is C15H19N3O3. The van der Waals surface area contributed by atoms with Gasteiger partial charge in [0.1, 0.15) is 0 Å². The van der Waals surface area contributed by atoms with Gasteiger partial charge in [-0.15, -0.1) is 0 Å². The van der Waals surface area contributed by atoms with Crippen LogP contribution in [0, 0.1) is 11.3 Å². The number of hydrogen-bond acceptors (Lipinski definition) is 5. The topological polar surface area (TPSA) is 91.2 Å². The first kappa shape index (κ1) is 16.7. The van der Waals surface area contributed by atoms with E-state index in [9.17, 15) is 9.59 Å². The molecule has 6 nitrogen and oxygen atoms in total. The molecular weight excluding hydrogens is 270 g/mol. The number of nitrogens with zero attached hydrogens (tertiary/aromatic N) is 1. The van der Waals surface area contributed by atoms with Gasteiger partial charge in [0, 0.05) is 12.2 Å². The van der Waals surface area contributed by atoms with Crippen LogP contribution in [-0.4, -0.2) is 31.6 Å². The minimum Gasteiger partial charge on any atom is -0.466 e. The summed E-state index contributed by atoms with van der Waals surface area (Å²) in [5.74, 6) is -0.467. The smallest absolute Gasteiger partial charge is 0.307 e. The van der Waals surface area contributed by atoms with E-state index in [1.54, 1.807) is 31.2 Å². The molecule has 0 aromatic heterocycles. The quantitative estimate of drug-likeness (QED) is 0.555. The first-order chi connectivity index (χ1) is 10.2. The van der Waals surface area contributed by atoms with Crippen LogP contribution >= 0.6 is 0 Å². The summed E-state index contributed by atoms with van der Waals surface area (Å²) in [6, 6.07) is 9.17. The highest BCUT2D eigenvalue weighted by atomic mass is 16.5. The van der Waals surface area contributed by atoms with E-state index in [1.807, 2.05) is 0 Å². The molecule has 0 aliphatic heterocycles. The van der Waals surface area contributed by atoms with Gasteiger partial charge in [0.15, 0.2) is 0 Å². The van der Waals surface area contributed by atoms with Crippen molar-refractivity contribution in [1.29, 1.82) is 5.26 Å². The lowest BCUT2D eigenvalue weighted by Gasteiger charge is -2.07. The van der Waals surface area contributed by atoms with E-state index in [-0.39, 0.29) is 24.8 Å². The fourth-order valence-corrected chi connectivity index (χ4v) is 1.63. The highest BCUT2D eigenvalue weighted by molar-refractivity contribution is 5.92. The number of nitrogens with one attached hydrogen (secondary N) is 2. The van der Waals surface area contributed by atoms with Gasteiger partial charge in [-0.25, -0.2) is 0 Å². The third-order valence-electron chi connectivity index (χ3n) is 2.62. The largest absolute Gasteiger partial charge is 0.466 e. The summed E-state index contributed by atoms with van der Waals surface area (Å²) in [6.45, 7) is 2.63. The van der Waals surface area contributed by atoms with Gasteiger partial charge in [-0.3, -0.25) is 9.59 Å². The Hall–Kier alpha value is -2.39. The maximum atomic E-state index is 11.7. The minimum atomic E-state index is -0.279. The van der Waals surface area contributed by atoms with Crippen molar-refractivity contribution in [3.8, 4) is 6.07 Å². The number of ether oxygens (including phenoxy) is 1. The van der Waals surface area contributed by atoms with Crippen LogP contribution in [0.4, 0.5) is 5.69 Å². The zero-order chi connectivity index (χ0) is 15.5. The van der Waals surface area contributed by atoms with Crippen LogP contribution in [0.2, 0.25) is 0 Å². The number of benzene rings is 1. The molecule has 0 unspecified atom stereocenters. The molecule has 2 N–H and O–H groups in total. The number of carbonyl (C=O) groups is 2. The zero-order valence-electron chi connectivity index (χ0n) is 12.0. The first-order valence-corrected chi connectivity index (χ1v) is 6.77. The van der Waals surface area contributed by atoms with Crippen molar-refractivity contribution in [1.82, 2.24) is 5.32 Å². The number of amides is 1. The summed E-state index contributed by atoms with van der Waals surface area (Å²) in [4.78, 5) is 22.7. The van der Waals surface area contributed by atoms with Gasteiger partial charge in [0.2, 0.25) is 5.91 Å². The van der Waals surface area contributed by atoms with E-state index >= 15 is 0 Å². The molecule has 0 spiro atoms. The molecule has 112 valence electrons. The Kier molecular flexibility index (Phi) is 7.54. The molecule has 21 heavy (non-hydrogen) atoms. The molecule has 0 saturated carbocycles. The Balaban J connectivity index is 2.24. The Morgan fingerprint density at radius 2 is 2.00 bits per heavy atom. The SMILES string of the molecule is CCOC(=O)CCNCC(=O)Nc1ccc(CC#N)cc1. The Morgan fingerprint density at radius 1 is 1.29 bits per heavy atom. The number of carbonyl (C=O) groups excluding carboxylic acids is 2. The Labute approximate surface area is 124 Å². The highest BCUT2D eigenvalue weighted by Crippen LogP contribution is 2.09. The number of hydrogen-bond donors (Lipinski definition) is 2. The molecule has 0 fully saturated rings. The standard InChI is InChI=1S/C15H19N3O3/c1-2-21-15(20)8-10-17-11-14(19)18-13-5-3-12(4-6-13)7-9-16/h3-6,17H,2,7-8,10-11H2,1H3,(H,18,19). The maximum absolute atomic E-state index is 11.7. The van der Waals surface area contributed by atoms with Crippen LogP contribution in [0.1, 0.15) is 18.9 Å². The summed E-state index contributed by atoms with van der Waals surface area (Å²) < 4.78 is 4.77. The van der Waals surface area contributed by atoms with Crippen LogP contribution in [0.15, 0.2) is 24.3 Å². The minimum absolute atomic E-state index is 0.124. The van der Waals surface area contributed by atoms with Gasteiger partial charge in [-0.1, -0.05) is 12.1 Å². The molecule has 6 heteroatoms. The first-order valence-electron chi connectivity index (χ1n) is 6.77. The van der Waals surface area contributed by atoms with Crippen molar-refractivity contribution in [3.63, 3.8) is 0 Å². The second kappa shape index (κ2) is 9.50. The number of rotatable bonds is 8. The summed E-state index contributed by atoms with van der Waals surface area (Å²) in [6.07, 6.45) is 0.591.